The van der Waals surface area contributed by atoms with Gasteiger partial charge in [0.25, 0.3) is 0 Å². The van der Waals surface area contributed by atoms with E-state index in [0.29, 0.717) is 42.7 Å². The van der Waals surface area contributed by atoms with Crippen molar-refractivity contribution in [2.75, 3.05) is 32.7 Å². The molecule has 172 valence electrons. The Kier molecular flexibility index (Phi) is 10.9. The van der Waals surface area contributed by atoms with Crippen LogP contribution in [0.3, 0.4) is 0 Å². The fourth-order valence-corrected chi connectivity index (χ4v) is 4.18. The largest absolute Gasteiger partial charge is 0.511 e. The van der Waals surface area contributed by atoms with E-state index in [-0.39, 0.29) is 48.9 Å². The van der Waals surface area contributed by atoms with Crippen molar-refractivity contribution >= 4 is 40.0 Å². The molecule has 0 spiro atoms. The molecule has 0 aliphatic carbocycles. The molecule has 1 atom stereocenters. The topological polar surface area (TPSA) is 73.8 Å². The number of hydrogen-bond acceptors (Lipinski definition) is 3. The molecule has 1 saturated heterocycles. The van der Waals surface area contributed by atoms with Crippen LogP contribution in [0.5, 0.6) is 0 Å². The number of rotatable bonds is 7. The monoisotopic (exact) mass is 562 g/mol. The Morgan fingerprint density at radius 1 is 1.20 bits per heavy atom. The second-order valence-electron chi connectivity index (χ2n) is 7.21. The lowest BCUT2D eigenvalue weighted by Gasteiger charge is -2.31. The van der Waals surface area contributed by atoms with Crippen LogP contribution in [0.1, 0.15) is 38.2 Å². The second kappa shape index (κ2) is 12.1. The van der Waals surface area contributed by atoms with E-state index in [9.17, 15) is 21.6 Å². The van der Waals surface area contributed by atoms with Crippen molar-refractivity contribution in [1.29, 1.82) is 0 Å². The van der Waals surface area contributed by atoms with Gasteiger partial charge in [0.15, 0.2) is 5.96 Å². The molecule has 1 aliphatic heterocycles. The molecule has 0 amide bonds. The van der Waals surface area contributed by atoms with Crippen molar-refractivity contribution in [3.8, 4) is 0 Å². The number of piperidine rings is 1. The Morgan fingerprint density at radius 2 is 1.80 bits per heavy atom. The van der Waals surface area contributed by atoms with Crippen molar-refractivity contribution in [2.24, 2.45) is 10.9 Å². The maximum Gasteiger partial charge on any atom is 0.511 e. The standard InChI is InChI=1S/C19H29F3N4O2S.HI/c1-3-23-18(24-13-15(2)17-7-5-4-6-8-17)25-14-16-9-11-26(12-10-16)29(27,28)19(20,21)22;/h4-8,15-16H,3,9-14H2,1-2H3,(H2,23,24,25);1H. The fraction of sp³-hybridized carbons (Fsp3) is 0.632. The highest BCUT2D eigenvalue weighted by Crippen LogP contribution is 2.30. The highest BCUT2D eigenvalue weighted by Gasteiger charge is 2.50. The average Bonchev–Trinajstić information content (AvgIpc) is 2.70. The molecule has 30 heavy (non-hydrogen) atoms. The minimum Gasteiger partial charge on any atom is -0.357 e. The minimum absolute atomic E-state index is 0. The van der Waals surface area contributed by atoms with Crippen molar-refractivity contribution in [3.05, 3.63) is 35.9 Å². The summed E-state index contributed by atoms with van der Waals surface area (Å²) in [7, 11) is -5.23. The molecule has 0 radical (unpaired) electrons. The Bertz CT molecular complexity index is 768. The van der Waals surface area contributed by atoms with Crippen LogP contribution in [-0.2, 0) is 10.0 Å². The summed E-state index contributed by atoms with van der Waals surface area (Å²) in [6.45, 7) is 5.64. The fourth-order valence-electron chi connectivity index (χ4n) is 3.20. The lowest BCUT2D eigenvalue weighted by molar-refractivity contribution is -0.0496. The first-order chi connectivity index (χ1) is 13.6. The number of hydrogen-bond donors (Lipinski definition) is 2. The van der Waals surface area contributed by atoms with Crippen LogP contribution in [-0.4, -0.2) is 56.9 Å². The molecule has 1 aromatic rings. The number of benzene rings is 1. The highest BCUT2D eigenvalue weighted by molar-refractivity contribution is 14.0. The first-order valence-corrected chi connectivity index (χ1v) is 11.2. The van der Waals surface area contributed by atoms with Gasteiger partial charge in [-0.15, -0.1) is 24.0 Å². The van der Waals surface area contributed by atoms with E-state index in [1.807, 2.05) is 25.1 Å². The van der Waals surface area contributed by atoms with Gasteiger partial charge in [0.05, 0.1) is 0 Å². The maximum atomic E-state index is 12.7. The van der Waals surface area contributed by atoms with Gasteiger partial charge in [0.1, 0.15) is 0 Å². The number of halogens is 4. The van der Waals surface area contributed by atoms with E-state index in [2.05, 4.69) is 34.7 Å². The van der Waals surface area contributed by atoms with Crippen molar-refractivity contribution in [2.45, 2.75) is 38.1 Å². The molecular weight excluding hydrogens is 532 g/mol. The summed E-state index contributed by atoms with van der Waals surface area (Å²) in [5, 5.41) is 6.40. The van der Waals surface area contributed by atoms with Crippen LogP contribution in [0.4, 0.5) is 13.2 Å². The average molecular weight is 562 g/mol. The number of nitrogens with one attached hydrogen (secondary N) is 2. The van der Waals surface area contributed by atoms with Crippen LogP contribution in [0.2, 0.25) is 0 Å². The molecule has 0 bridgehead atoms. The zero-order valence-electron chi connectivity index (χ0n) is 17.2. The Balaban J connectivity index is 0.00000450. The molecule has 0 aromatic heterocycles. The quantitative estimate of drug-likeness (QED) is 0.303. The first-order valence-electron chi connectivity index (χ1n) is 9.78. The number of aliphatic imine (C=N–C) groups is 1. The summed E-state index contributed by atoms with van der Waals surface area (Å²) in [6.07, 6.45) is 0.754. The summed E-state index contributed by atoms with van der Waals surface area (Å²) in [5.41, 5.74) is -4.04. The zero-order chi connectivity index (χ0) is 21.5. The molecule has 1 aliphatic rings. The predicted octanol–water partition coefficient (Wildman–Crippen LogP) is 3.52. The third kappa shape index (κ3) is 7.56. The van der Waals surface area contributed by atoms with Crippen LogP contribution < -0.4 is 10.6 Å². The van der Waals surface area contributed by atoms with E-state index in [0.717, 1.165) is 0 Å². The van der Waals surface area contributed by atoms with Gasteiger partial charge in [-0.05, 0) is 31.2 Å². The molecule has 1 heterocycles. The molecule has 1 unspecified atom stereocenters. The van der Waals surface area contributed by atoms with Gasteiger partial charge in [-0.25, -0.2) is 8.42 Å². The van der Waals surface area contributed by atoms with E-state index < -0.39 is 15.5 Å². The van der Waals surface area contributed by atoms with Crippen LogP contribution in [0.15, 0.2) is 35.3 Å². The molecule has 11 heteroatoms. The highest BCUT2D eigenvalue weighted by atomic mass is 127. The molecule has 0 saturated carbocycles. The number of nitrogens with zero attached hydrogens (tertiary/aromatic N) is 2. The van der Waals surface area contributed by atoms with Crippen LogP contribution in [0, 0.1) is 5.92 Å². The summed E-state index contributed by atoms with van der Waals surface area (Å²) in [4.78, 5) is 4.60. The number of sulfonamides is 1. The normalized spacial score (nSPS) is 17.8. The molecule has 1 aromatic carbocycles. The van der Waals surface area contributed by atoms with E-state index in [1.54, 1.807) is 0 Å². The second-order valence-corrected chi connectivity index (χ2v) is 9.13. The van der Waals surface area contributed by atoms with Gasteiger partial charge in [-0.2, -0.15) is 17.5 Å². The minimum atomic E-state index is -5.24. The van der Waals surface area contributed by atoms with Crippen molar-refractivity contribution in [1.82, 2.24) is 14.9 Å². The lowest BCUT2D eigenvalue weighted by Crippen LogP contribution is -2.47. The van der Waals surface area contributed by atoms with Gasteiger partial charge in [0.2, 0.25) is 0 Å². The van der Waals surface area contributed by atoms with Crippen molar-refractivity contribution < 1.29 is 21.6 Å². The van der Waals surface area contributed by atoms with Gasteiger partial charge in [0, 0.05) is 38.6 Å². The maximum absolute atomic E-state index is 12.7. The van der Waals surface area contributed by atoms with Gasteiger partial charge < -0.3 is 10.6 Å². The molecule has 1 fully saturated rings. The molecule has 2 rings (SSSR count). The van der Waals surface area contributed by atoms with Gasteiger partial charge >= 0.3 is 15.5 Å². The summed E-state index contributed by atoms with van der Waals surface area (Å²) in [5.74, 6) is 0.994. The molecule has 2 N–H and O–H groups in total. The summed E-state index contributed by atoms with van der Waals surface area (Å²) >= 11 is 0. The number of alkyl halides is 3. The Labute approximate surface area is 193 Å². The predicted molar refractivity (Wildman–Crippen MR) is 124 cm³/mol. The third-order valence-corrected chi connectivity index (χ3v) is 6.63. The molecular formula is C19H30F3IN4O2S. The van der Waals surface area contributed by atoms with Gasteiger partial charge in [-0.1, -0.05) is 37.3 Å². The molecule has 6 nitrogen and oxygen atoms in total. The SMILES string of the molecule is CCNC(=NCC(C)c1ccccc1)NCC1CCN(S(=O)(=O)C(F)(F)F)CC1.I. The smallest absolute Gasteiger partial charge is 0.357 e. The van der Waals surface area contributed by atoms with Crippen LogP contribution in [0.25, 0.3) is 0 Å². The van der Waals surface area contributed by atoms with Gasteiger partial charge in [-0.3, -0.25) is 4.99 Å². The van der Waals surface area contributed by atoms with E-state index in [1.165, 1.54) is 5.56 Å². The zero-order valence-corrected chi connectivity index (χ0v) is 20.3. The van der Waals surface area contributed by atoms with Crippen LogP contribution >= 0.6 is 24.0 Å². The van der Waals surface area contributed by atoms with E-state index >= 15 is 0 Å². The Hall–Kier alpha value is -1.08. The summed E-state index contributed by atoms with van der Waals surface area (Å²) in [6, 6.07) is 10.1. The van der Waals surface area contributed by atoms with Crippen molar-refractivity contribution in [3.63, 3.8) is 0 Å². The van der Waals surface area contributed by atoms with E-state index in [4.69, 9.17) is 0 Å². The summed E-state index contributed by atoms with van der Waals surface area (Å²) < 4.78 is 61.5. The number of guanidine groups is 1. The first kappa shape index (κ1) is 27.0. The third-order valence-electron chi connectivity index (χ3n) is 5.00. The Morgan fingerprint density at radius 3 is 2.33 bits per heavy atom. The lowest BCUT2D eigenvalue weighted by atomic mass is 9.98.